The van der Waals surface area contributed by atoms with Crippen LogP contribution in [0.4, 0.5) is 4.39 Å². The molecule has 0 bridgehead atoms. The van der Waals surface area contributed by atoms with Crippen molar-refractivity contribution in [3.63, 3.8) is 0 Å². The standard InChI is InChI=1S/C13H20FNOS/c1-9(2)17-8-12(15-3)11-7-10(14)5-6-13(11)16-4/h5-7,9,12,15H,8H2,1-4H3. The van der Waals surface area contributed by atoms with Gasteiger partial charge in [-0.2, -0.15) is 11.8 Å². The summed E-state index contributed by atoms with van der Waals surface area (Å²) >= 11 is 1.84. The van der Waals surface area contributed by atoms with Gasteiger partial charge in [-0.3, -0.25) is 0 Å². The first-order chi connectivity index (χ1) is 8.08. The van der Waals surface area contributed by atoms with E-state index in [2.05, 4.69) is 19.2 Å². The molecule has 0 spiro atoms. The van der Waals surface area contributed by atoms with E-state index in [1.165, 1.54) is 6.07 Å². The monoisotopic (exact) mass is 257 g/mol. The van der Waals surface area contributed by atoms with Gasteiger partial charge in [0, 0.05) is 17.4 Å². The molecule has 1 N–H and O–H groups in total. The van der Waals surface area contributed by atoms with Crippen LogP contribution in [0.2, 0.25) is 0 Å². The highest BCUT2D eigenvalue weighted by Crippen LogP contribution is 2.29. The third-order valence-electron chi connectivity index (χ3n) is 2.51. The molecule has 96 valence electrons. The molecule has 1 atom stereocenters. The summed E-state index contributed by atoms with van der Waals surface area (Å²) in [4.78, 5) is 0. The van der Waals surface area contributed by atoms with E-state index in [1.54, 1.807) is 19.2 Å². The molecule has 0 heterocycles. The lowest BCUT2D eigenvalue weighted by Crippen LogP contribution is -2.20. The first-order valence-corrected chi connectivity index (χ1v) is 6.75. The zero-order valence-electron chi connectivity index (χ0n) is 10.8. The fraction of sp³-hybridized carbons (Fsp3) is 0.538. The summed E-state index contributed by atoms with van der Waals surface area (Å²) in [6.45, 7) is 4.31. The van der Waals surface area contributed by atoms with Crippen molar-refractivity contribution in [2.45, 2.75) is 25.1 Å². The van der Waals surface area contributed by atoms with E-state index in [0.717, 1.165) is 17.1 Å². The molecule has 2 nitrogen and oxygen atoms in total. The van der Waals surface area contributed by atoms with Gasteiger partial charge in [-0.15, -0.1) is 0 Å². The lowest BCUT2D eigenvalue weighted by molar-refractivity contribution is 0.402. The first kappa shape index (κ1) is 14.3. The topological polar surface area (TPSA) is 21.3 Å². The normalized spacial score (nSPS) is 12.8. The lowest BCUT2D eigenvalue weighted by Gasteiger charge is -2.20. The Bertz CT molecular complexity index is 357. The Balaban J connectivity index is 2.89. The summed E-state index contributed by atoms with van der Waals surface area (Å²) in [6.07, 6.45) is 0. The van der Waals surface area contributed by atoms with Crippen LogP contribution in [0.25, 0.3) is 0 Å². The third-order valence-corrected chi connectivity index (χ3v) is 3.70. The fourth-order valence-electron chi connectivity index (χ4n) is 1.59. The van der Waals surface area contributed by atoms with Crippen LogP contribution in [0.1, 0.15) is 25.5 Å². The molecule has 17 heavy (non-hydrogen) atoms. The predicted molar refractivity (Wildman–Crippen MR) is 72.3 cm³/mol. The maximum absolute atomic E-state index is 13.3. The summed E-state index contributed by atoms with van der Waals surface area (Å²) in [7, 11) is 3.49. The van der Waals surface area contributed by atoms with Crippen molar-refractivity contribution in [3.05, 3.63) is 29.6 Å². The molecule has 0 radical (unpaired) electrons. The van der Waals surface area contributed by atoms with Gasteiger partial charge in [0.15, 0.2) is 0 Å². The van der Waals surface area contributed by atoms with Crippen LogP contribution in [-0.4, -0.2) is 25.2 Å². The molecular weight excluding hydrogens is 237 g/mol. The van der Waals surface area contributed by atoms with Crippen molar-refractivity contribution in [3.8, 4) is 5.75 Å². The summed E-state index contributed by atoms with van der Waals surface area (Å²) < 4.78 is 18.6. The van der Waals surface area contributed by atoms with Crippen molar-refractivity contribution >= 4 is 11.8 Å². The lowest BCUT2D eigenvalue weighted by atomic mass is 10.1. The van der Waals surface area contributed by atoms with Gasteiger partial charge in [0.2, 0.25) is 0 Å². The predicted octanol–water partition coefficient (Wildman–Crippen LogP) is 3.24. The van der Waals surface area contributed by atoms with Gasteiger partial charge in [-0.25, -0.2) is 4.39 Å². The van der Waals surface area contributed by atoms with E-state index < -0.39 is 0 Å². The highest BCUT2D eigenvalue weighted by Gasteiger charge is 2.16. The second-order valence-corrected chi connectivity index (χ2v) is 5.72. The third kappa shape index (κ3) is 4.21. The van der Waals surface area contributed by atoms with E-state index >= 15 is 0 Å². The molecule has 0 aliphatic rings. The zero-order valence-corrected chi connectivity index (χ0v) is 11.6. The molecule has 0 saturated heterocycles. The Morgan fingerprint density at radius 2 is 2.12 bits per heavy atom. The Kier molecular flexibility index (Phi) is 5.78. The minimum absolute atomic E-state index is 0.105. The second kappa shape index (κ2) is 6.87. The highest BCUT2D eigenvalue weighted by atomic mass is 32.2. The Morgan fingerprint density at radius 3 is 2.65 bits per heavy atom. The van der Waals surface area contributed by atoms with Crippen molar-refractivity contribution < 1.29 is 9.13 Å². The average Bonchev–Trinajstić information content (AvgIpc) is 2.30. The molecule has 1 aromatic carbocycles. The van der Waals surface area contributed by atoms with Crippen LogP contribution in [-0.2, 0) is 0 Å². The van der Waals surface area contributed by atoms with Crippen molar-refractivity contribution in [2.75, 3.05) is 19.9 Å². The van der Waals surface area contributed by atoms with E-state index in [9.17, 15) is 4.39 Å². The maximum Gasteiger partial charge on any atom is 0.123 e. The molecule has 4 heteroatoms. The molecule has 1 aromatic rings. The second-order valence-electron chi connectivity index (χ2n) is 4.11. The Labute approximate surface area is 107 Å². The molecule has 0 aliphatic carbocycles. The SMILES string of the molecule is CNC(CSC(C)C)c1cc(F)ccc1OC. The number of hydrogen-bond donors (Lipinski definition) is 1. The summed E-state index contributed by atoms with van der Waals surface area (Å²) in [5, 5.41) is 3.77. The number of hydrogen-bond acceptors (Lipinski definition) is 3. The van der Waals surface area contributed by atoms with Crippen LogP contribution in [0.3, 0.4) is 0 Å². The minimum atomic E-state index is -0.226. The number of methoxy groups -OCH3 is 1. The molecule has 0 aliphatic heterocycles. The van der Waals surface area contributed by atoms with Gasteiger partial charge in [-0.05, 0) is 30.5 Å². The summed E-state index contributed by atoms with van der Waals surface area (Å²) in [6, 6.07) is 4.74. The molecule has 0 amide bonds. The van der Waals surface area contributed by atoms with Crippen molar-refractivity contribution in [1.82, 2.24) is 5.32 Å². The Hall–Kier alpha value is -0.740. The molecule has 1 unspecified atom stereocenters. The number of rotatable bonds is 6. The smallest absolute Gasteiger partial charge is 0.123 e. The maximum atomic E-state index is 13.3. The van der Waals surface area contributed by atoms with Gasteiger partial charge in [0.1, 0.15) is 11.6 Å². The summed E-state index contributed by atoms with van der Waals surface area (Å²) in [5.74, 6) is 1.40. The van der Waals surface area contributed by atoms with Gasteiger partial charge < -0.3 is 10.1 Å². The molecule has 0 fully saturated rings. The van der Waals surface area contributed by atoms with Gasteiger partial charge in [0.25, 0.3) is 0 Å². The zero-order chi connectivity index (χ0) is 12.8. The first-order valence-electron chi connectivity index (χ1n) is 5.70. The van der Waals surface area contributed by atoms with Crippen LogP contribution >= 0.6 is 11.8 Å². The molecule has 1 rings (SSSR count). The van der Waals surface area contributed by atoms with Crippen LogP contribution in [0.15, 0.2) is 18.2 Å². The number of nitrogens with one attached hydrogen (secondary N) is 1. The van der Waals surface area contributed by atoms with Crippen LogP contribution < -0.4 is 10.1 Å². The molecule has 0 saturated carbocycles. The van der Waals surface area contributed by atoms with E-state index in [4.69, 9.17) is 4.74 Å². The van der Waals surface area contributed by atoms with E-state index in [-0.39, 0.29) is 11.9 Å². The number of halogens is 1. The quantitative estimate of drug-likeness (QED) is 0.845. The van der Waals surface area contributed by atoms with Crippen LogP contribution in [0.5, 0.6) is 5.75 Å². The minimum Gasteiger partial charge on any atom is -0.496 e. The largest absolute Gasteiger partial charge is 0.496 e. The van der Waals surface area contributed by atoms with E-state index in [0.29, 0.717) is 5.25 Å². The van der Waals surface area contributed by atoms with Crippen molar-refractivity contribution in [2.24, 2.45) is 0 Å². The number of thioether (sulfide) groups is 1. The molecule has 0 aromatic heterocycles. The van der Waals surface area contributed by atoms with Gasteiger partial charge in [-0.1, -0.05) is 13.8 Å². The van der Waals surface area contributed by atoms with E-state index in [1.807, 2.05) is 18.8 Å². The highest BCUT2D eigenvalue weighted by molar-refractivity contribution is 7.99. The van der Waals surface area contributed by atoms with Gasteiger partial charge in [0.05, 0.1) is 7.11 Å². The average molecular weight is 257 g/mol. The number of ether oxygens (including phenoxy) is 1. The van der Waals surface area contributed by atoms with Crippen LogP contribution in [0, 0.1) is 5.82 Å². The Morgan fingerprint density at radius 1 is 1.41 bits per heavy atom. The number of benzene rings is 1. The molecular formula is C13H20FNOS. The summed E-state index contributed by atoms with van der Waals surface area (Å²) in [5.41, 5.74) is 0.878. The van der Waals surface area contributed by atoms with Gasteiger partial charge >= 0.3 is 0 Å². The fourth-order valence-corrected chi connectivity index (χ4v) is 2.52. The van der Waals surface area contributed by atoms with Crippen molar-refractivity contribution in [1.29, 1.82) is 0 Å².